The first-order valence-corrected chi connectivity index (χ1v) is 19.8. The molecule has 0 aromatic heterocycles. The summed E-state index contributed by atoms with van der Waals surface area (Å²) in [6.45, 7) is 4.28. The molecule has 5 aromatic rings. The minimum Gasteiger partial charge on any atom is -0.497 e. The molecule has 3 aliphatic rings. The summed E-state index contributed by atoms with van der Waals surface area (Å²) < 4.78 is 58.7. The summed E-state index contributed by atoms with van der Waals surface area (Å²) in [5.41, 5.74) is 3.47. The van der Waals surface area contributed by atoms with Crippen molar-refractivity contribution in [2.24, 2.45) is 0 Å². The van der Waals surface area contributed by atoms with Crippen molar-refractivity contribution in [1.29, 1.82) is 0 Å². The molecule has 5 aromatic carbocycles. The Bertz CT molecular complexity index is 2190. The molecule has 0 bridgehead atoms. The van der Waals surface area contributed by atoms with Crippen LogP contribution >= 0.6 is 0 Å². The molecule has 0 atom stereocenters. The van der Waals surface area contributed by atoms with Gasteiger partial charge >= 0.3 is 0 Å². The first kappa shape index (κ1) is 35.4. The average Bonchev–Trinajstić information content (AvgIpc) is 3.73. The van der Waals surface area contributed by atoms with Gasteiger partial charge in [0.05, 0.1) is 30.1 Å². The van der Waals surface area contributed by atoms with Crippen molar-refractivity contribution in [1.82, 2.24) is 9.80 Å². The normalized spacial score (nSPS) is 18.7. The summed E-state index contributed by atoms with van der Waals surface area (Å²) in [4.78, 5) is 18.4. The Balaban J connectivity index is 0.886. The topological polar surface area (TPSA) is 85.4 Å². The third kappa shape index (κ3) is 6.74. The fourth-order valence-electron chi connectivity index (χ4n) is 8.28. The van der Waals surface area contributed by atoms with E-state index in [0.717, 1.165) is 49.9 Å². The van der Waals surface area contributed by atoms with Gasteiger partial charge in [-0.25, -0.2) is 12.8 Å². The first-order chi connectivity index (χ1) is 25.8. The summed E-state index contributed by atoms with van der Waals surface area (Å²) in [5, 5.41) is 1.15. The molecular weight excluding hydrogens is 692 g/mol. The van der Waals surface area contributed by atoms with E-state index in [2.05, 4.69) is 29.2 Å². The van der Waals surface area contributed by atoms with Crippen LogP contribution in [0.1, 0.15) is 58.6 Å². The van der Waals surface area contributed by atoms with Crippen molar-refractivity contribution in [2.45, 2.75) is 53.2 Å². The molecule has 3 fully saturated rings. The predicted octanol–water partition coefficient (Wildman–Crippen LogP) is 7.55. The van der Waals surface area contributed by atoms with Crippen LogP contribution in [0.2, 0.25) is 0 Å². The van der Waals surface area contributed by atoms with Crippen LogP contribution in [0.4, 0.5) is 4.39 Å². The Labute approximate surface area is 310 Å². The van der Waals surface area contributed by atoms with E-state index >= 15 is 0 Å². The van der Waals surface area contributed by atoms with Crippen molar-refractivity contribution in [3.63, 3.8) is 0 Å². The number of carbonyl (C=O) groups excluding carboxylic acids is 1. The van der Waals surface area contributed by atoms with E-state index < -0.39 is 15.6 Å². The third-order valence-electron chi connectivity index (χ3n) is 11.3. The molecule has 0 unspecified atom stereocenters. The molecular formula is C43H43FN2O6S. The van der Waals surface area contributed by atoms with Crippen molar-refractivity contribution in [2.75, 3.05) is 46.5 Å². The van der Waals surface area contributed by atoms with Gasteiger partial charge < -0.3 is 24.0 Å². The number of sulfone groups is 1. The summed E-state index contributed by atoms with van der Waals surface area (Å²) in [7, 11) is -2.17. The third-order valence-corrected chi connectivity index (χ3v) is 13.1. The summed E-state index contributed by atoms with van der Waals surface area (Å²) in [6.07, 6.45) is 3.98. The van der Waals surface area contributed by atoms with Crippen LogP contribution in [-0.4, -0.2) is 76.7 Å². The number of piperidine rings is 2. The lowest BCUT2D eigenvalue weighted by atomic mass is 9.86. The van der Waals surface area contributed by atoms with E-state index in [1.54, 1.807) is 73.8 Å². The molecule has 0 aliphatic carbocycles. The molecule has 274 valence electrons. The van der Waals surface area contributed by atoms with Crippen molar-refractivity contribution in [3.05, 3.63) is 137 Å². The second-order valence-corrected chi connectivity index (χ2v) is 16.1. The van der Waals surface area contributed by atoms with E-state index in [9.17, 15) is 17.6 Å². The molecule has 8 nitrogen and oxygen atoms in total. The Hall–Kier alpha value is -4.61. The van der Waals surface area contributed by atoms with Gasteiger partial charge in [-0.15, -0.1) is 0 Å². The van der Waals surface area contributed by atoms with Crippen LogP contribution in [-0.2, 0) is 25.1 Å². The highest BCUT2D eigenvalue weighted by molar-refractivity contribution is 7.91. The molecule has 3 saturated heterocycles. The lowest BCUT2D eigenvalue weighted by Crippen LogP contribution is -2.48. The van der Waals surface area contributed by atoms with Gasteiger partial charge in [0.2, 0.25) is 15.6 Å². The number of likely N-dealkylation sites (tertiary alicyclic amines) is 2. The Kier molecular flexibility index (Phi) is 9.80. The van der Waals surface area contributed by atoms with Gasteiger partial charge in [-0.1, -0.05) is 60.7 Å². The second kappa shape index (κ2) is 14.7. The highest BCUT2D eigenvalue weighted by atomic mass is 32.2. The van der Waals surface area contributed by atoms with Crippen LogP contribution in [0.3, 0.4) is 0 Å². The van der Waals surface area contributed by atoms with Crippen molar-refractivity contribution < 1.29 is 31.8 Å². The van der Waals surface area contributed by atoms with Gasteiger partial charge in [-0.05, 0) is 104 Å². The number of rotatable bonds is 8. The van der Waals surface area contributed by atoms with Crippen LogP contribution in [0.5, 0.6) is 5.75 Å². The maximum absolute atomic E-state index is 14.4. The minimum absolute atomic E-state index is 0.0216. The molecule has 0 N–H and O–H groups in total. The van der Waals surface area contributed by atoms with Gasteiger partial charge in [0.1, 0.15) is 11.6 Å². The molecule has 0 spiro atoms. The monoisotopic (exact) mass is 734 g/mol. The van der Waals surface area contributed by atoms with Gasteiger partial charge in [0, 0.05) is 41.2 Å². The highest BCUT2D eigenvalue weighted by Crippen LogP contribution is 2.40. The maximum Gasteiger partial charge on any atom is 0.254 e. The number of hydrogen-bond donors (Lipinski definition) is 0. The molecule has 53 heavy (non-hydrogen) atoms. The number of methoxy groups -OCH3 is 1. The van der Waals surface area contributed by atoms with Crippen LogP contribution in [0, 0.1) is 5.82 Å². The Morgan fingerprint density at radius 1 is 0.717 bits per heavy atom. The maximum atomic E-state index is 14.4. The fourth-order valence-corrected chi connectivity index (χ4v) is 9.54. The van der Waals surface area contributed by atoms with E-state index in [1.807, 2.05) is 17.0 Å². The Morgan fingerprint density at radius 2 is 1.28 bits per heavy atom. The number of halogens is 1. The van der Waals surface area contributed by atoms with Crippen molar-refractivity contribution in [3.8, 4) is 5.75 Å². The highest BCUT2D eigenvalue weighted by Gasteiger charge is 2.41. The largest absolute Gasteiger partial charge is 0.497 e. The lowest BCUT2D eigenvalue weighted by Gasteiger charge is -2.42. The van der Waals surface area contributed by atoms with Gasteiger partial charge in [0.15, 0.2) is 0 Å². The molecule has 3 heterocycles. The quantitative estimate of drug-likeness (QED) is 0.163. The molecule has 0 radical (unpaired) electrons. The zero-order valence-electron chi connectivity index (χ0n) is 29.7. The van der Waals surface area contributed by atoms with E-state index in [1.165, 1.54) is 11.6 Å². The minimum atomic E-state index is -3.71. The molecule has 0 saturated carbocycles. The summed E-state index contributed by atoms with van der Waals surface area (Å²) >= 11 is 0. The van der Waals surface area contributed by atoms with Crippen LogP contribution in [0.15, 0.2) is 119 Å². The molecule has 8 rings (SSSR count). The van der Waals surface area contributed by atoms with E-state index in [0.29, 0.717) is 60.3 Å². The number of ether oxygens (including phenoxy) is 3. The number of amides is 1. The molecule has 1 amide bonds. The first-order valence-electron chi connectivity index (χ1n) is 18.4. The SMILES string of the molecule is COc1ccc(S(=O)(=O)c2ccc(C3(c4ccc(C5CCN(C6CCN(C(=O)c7ccc(F)c8ccccc78)CC6)CC5)cc4)OCCO3)cc2)cc1. The Morgan fingerprint density at radius 3 is 1.89 bits per heavy atom. The number of hydrogen-bond acceptors (Lipinski definition) is 7. The van der Waals surface area contributed by atoms with E-state index in [-0.39, 0.29) is 21.5 Å². The summed E-state index contributed by atoms with van der Waals surface area (Å²) in [6, 6.07) is 32.3. The molecule has 10 heteroatoms. The number of fused-ring (bicyclic) bond motifs is 1. The zero-order valence-corrected chi connectivity index (χ0v) is 30.6. The number of benzene rings is 5. The van der Waals surface area contributed by atoms with Crippen molar-refractivity contribution >= 4 is 26.5 Å². The van der Waals surface area contributed by atoms with E-state index in [4.69, 9.17) is 14.2 Å². The van der Waals surface area contributed by atoms with Gasteiger partial charge in [-0.2, -0.15) is 0 Å². The van der Waals surface area contributed by atoms with Crippen LogP contribution < -0.4 is 4.74 Å². The second-order valence-electron chi connectivity index (χ2n) is 14.1. The number of carbonyl (C=O) groups is 1. The van der Waals surface area contributed by atoms with Gasteiger partial charge in [-0.3, -0.25) is 4.79 Å². The fraction of sp³-hybridized carbons (Fsp3) is 0.326. The standard InChI is InChI=1S/C43H43FN2O6S/c1-50-35-12-16-37(17-13-35)53(48,49)36-14-10-33(11-15-36)43(51-28-29-52-43)32-8-6-30(7-9-32)31-20-24-45(25-21-31)34-22-26-46(27-23-34)42(47)40-18-19-41(44)39-5-3-2-4-38(39)40/h2-19,31,34H,20-29H2,1H3. The van der Waals surface area contributed by atoms with Gasteiger partial charge in [0.25, 0.3) is 5.91 Å². The molecule has 3 aliphatic heterocycles. The predicted molar refractivity (Wildman–Crippen MR) is 200 cm³/mol. The lowest BCUT2D eigenvalue weighted by molar-refractivity contribution is -0.129. The summed E-state index contributed by atoms with van der Waals surface area (Å²) in [5.74, 6) is -0.399. The zero-order chi connectivity index (χ0) is 36.6. The smallest absolute Gasteiger partial charge is 0.254 e. The van der Waals surface area contributed by atoms with Crippen LogP contribution in [0.25, 0.3) is 10.8 Å². The average molecular weight is 735 g/mol. The number of nitrogens with zero attached hydrogens (tertiary/aromatic N) is 2.